The van der Waals surface area contributed by atoms with Crippen molar-refractivity contribution in [2.45, 2.75) is 46.1 Å². The second-order valence-corrected chi connectivity index (χ2v) is 10.7. The first-order chi connectivity index (χ1) is 19.5. The third-order valence-electron chi connectivity index (χ3n) is 6.47. The molecular weight excluding hydrogens is 522 g/mol. The van der Waals surface area contributed by atoms with E-state index in [4.69, 9.17) is 9.15 Å². The molecule has 4 rings (SSSR count). The van der Waals surface area contributed by atoms with Gasteiger partial charge in [0.15, 0.2) is 0 Å². The Labute approximate surface area is 239 Å². The molecule has 2 aromatic carbocycles. The number of carbonyl (C=O) groups excluding carboxylic acids is 2. The molecule has 10 nitrogen and oxygen atoms in total. The molecule has 1 unspecified atom stereocenters. The van der Waals surface area contributed by atoms with Crippen molar-refractivity contribution in [3.8, 4) is 0 Å². The van der Waals surface area contributed by atoms with E-state index < -0.39 is 23.2 Å². The van der Waals surface area contributed by atoms with Crippen LogP contribution in [0.4, 0.5) is 22.3 Å². The van der Waals surface area contributed by atoms with Gasteiger partial charge in [-0.05, 0) is 70.0 Å². The molecule has 0 aliphatic carbocycles. The summed E-state index contributed by atoms with van der Waals surface area (Å²) in [5.74, 6) is -0.167. The standard InChI is InChI=1S/C31H35N5O5/c1-7-36(25-15-11-12-18-32-25)27(37)22(21-13-9-8-10-14-21)19-35(6)29-33-24-17-16-23(20(2)26(24)28(38)40-29)34-30(39)41-31(3,4)5/h8-18,22H,7,19H2,1-6H3,(H,34,39). The molecule has 1 atom stereocenters. The highest BCUT2D eigenvalue weighted by molar-refractivity contribution is 5.98. The van der Waals surface area contributed by atoms with Gasteiger partial charge in [-0.25, -0.2) is 14.6 Å². The summed E-state index contributed by atoms with van der Waals surface area (Å²) in [6.07, 6.45) is 1.02. The number of fused-ring (bicyclic) bond motifs is 1. The van der Waals surface area contributed by atoms with E-state index in [1.165, 1.54) is 0 Å². The van der Waals surface area contributed by atoms with Crippen LogP contribution in [-0.4, -0.2) is 47.7 Å². The van der Waals surface area contributed by atoms with Crippen molar-refractivity contribution in [1.82, 2.24) is 9.97 Å². The Hall–Kier alpha value is -4.73. The topological polar surface area (TPSA) is 118 Å². The van der Waals surface area contributed by atoms with E-state index in [2.05, 4.69) is 15.3 Å². The molecule has 0 aliphatic heterocycles. The second-order valence-electron chi connectivity index (χ2n) is 10.7. The van der Waals surface area contributed by atoms with Crippen LogP contribution < -0.4 is 20.7 Å². The van der Waals surface area contributed by atoms with Crippen molar-refractivity contribution in [2.75, 3.05) is 35.3 Å². The number of aryl methyl sites for hydroxylation is 1. The van der Waals surface area contributed by atoms with Crippen LogP contribution in [0, 0.1) is 6.92 Å². The first-order valence-electron chi connectivity index (χ1n) is 13.4. The number of nitrogens with one attached hydrogen (secondary N) is 1. The zero-order valence-electron chi connectivity index (χ0n) is 24.2. The predicted molar refractivity (Wildman–Crippen MR) is 160 cm³/mol. The minimum absolute atomic E-state index is 0.0735. The highest BCUT2D eigenvalue weighted by Crippen LogP contribution is 2.27. The maximum absolute atomic E-state index is 13.9. The maximum atomic E-state index is 13.9. The minimum Gasteiger partial charge on any atom is -0.444 e. The summed E-state index contributed by atoms with van der Waals surface area (Å²) < 4.78 is 11.0. The smallest absolute Gasteiger partial charge is 0.412 e. The quantitative estimate of drug-likeness (QED) is 0.301. The molecule has 0 spiro atoms. The fraction of sp³-hybridized carbons (Fsp3) is 0.323. The van der Waals surface area contributed by atoms with Crippen molar-refractivity contribution < 1.29 is 18.7 Å². The molecule has 2 amide bonds. The minimum atomic E-state index is -0.667. The fourth-order valence-corrected chi connectivity index (χ4v) is 4.52. The first-order valence-corrected chi connectivity index (χ1v) is 13.4. The molecule has 0 bridgehead atoms. The summed E-state index contributed by atoms with van der Waals surface area (Å²) in [7, 11) is 1.72. The lowest BCUT2D eigenvalue weighted by Crippen LogP contribution is -2.40. The van der Waals surface area contributed by atoms with Crippen molar-refractivity contribution in [2.24, 2.45) is 0 Å². The van der Waals surface area contributed by atoms with Crippen molar-refractivity contribution in [1.29, 1.82) is 0 Å². The Bertz CT molecular complexity index is 1580. The van der Waals surface area contributed by atoms with Crippen molar-refractivity contribution in [3.63, 3.8) is 0 Å². The first kappa shape index (κ1) is 29.3. The molecule has 0 aliphatic rings. The van der Waals surface area contributed by atoms with Gasteiger partial charge in [-0.15, -0.1) is 0 Å². The fourth-order valence-electron chi connectivity index (χ4n) is 4.52. The number of carbonyl (C=O) groups is 2. The van der Waals surface area contributed by atoms with E-state index in [-0.39, 0.29) is 23.9 Å². The Morgan fingerprint density at radius 1 is 1.05 bits per heavy atom. The van der Waals surface area contributed by atoms with Gasteiger partial charge in [0.05, 0.1) is 16.8 Å². The number of hydrogen-bond acceptors (Lipinski definition) is 8. The van der Waals surface area contributed by atoms with Gasteiger partial charge in [0.2, 0.25) is 5.91 Å². The average Bonchev–Trinajstić information content (AvgIpc) is 2.93. The largest absolute Gasteiger partial charge is 0.444 e. The third-order valence-corrected chi connectivity index (χ3v) is 6.47. The van der Waals surface area contributed by atoms with E-state index in [1.54, 1.807) is 75.0 Å². The number of nitrogens with zero attached hydrogens (tertiary/aromatic N) is 4. The number of hydrogen-bond donors (Lipinski definition) is 1. The van der Waals surface area contributed by atoms with E-state index in [1.807, 2.05) is 43.3 Å². The lowest BCUT2D eigenvalue weighted by atomic mass is 9.97. The van der Waals surface area contributed by atoms with Gasteiger partial charge < -0.3 is 14.1 Å². The Balaban J connectivity index is 1.64. The summed E-state index contributed by atoms with van der Waals surface area (Å²) in [6, 6.07) is 18.3. The van der Waals surface area contributed by atoms with E-state index in [0.29, 0.717) is 29.1 Å². The molecular formula is C31H35N5O5. The van der Waals surface area contributed by atoms with E-state index in [0.717, 1.165) is 5.56 Å². The zero-order valence-corrected chi connectivity index (χ0v) is 24.2. The van der Waals surface area contributed by atoms with Crippen LogP contribution in [-0.2, 0) is 9.53 Å². The van der Waals surface area contributed by atoms with Gasteiger partial charge in [-0.2, -0.15) is 4.98 Å². The van der Waals surface area contributed by atoms with Crippen LogP contribution in [0.1, 0.15) is 44.7 Å². The molecule has 214 valence electrons. The monoisotopic (exact) mass is 557 g/mol. The molecule has 0 radical (unpaired) electrons. The lowest BCUT2D eigenvalue weighted by molar-refractivity contribution is -0.119. The highest BCUT2D eigenvalue weighted by atomic mass is 16.6. The Morgan fingerprint density at radius 3 is 2.39 bits per heavy atom. The second kappa shape index (κ2) is 12.2. The summed E-state index contributed by atoms with van der Waals surface area (Å²) in [5, 5.41) is 2.93. The summed E-state index contributed by atoms with van der Waals surface area (Å²) in [4.78, 5) is 51.6. The average molecular weight is 558 g/mol. The van der Waals surface area contributed by atoms with Gasteiger partial charge in [0, 0.05) is 32.0 Å². The van der Waals surface area contributed by atoms with E-state index in [9.17, 15) is 14.4 Å². The molecule has 0 saturated carbocycles. The molecule has 2 heterocycles. The van der Waals surface area contributed by atoms with Gasteiger partial charge in [-0.1, -0.05) is 36.4 Å². The van der Waals surface area contributed by atoms with Crippen LogP contribution in [0.3, 0.4) is 0 Å². The number of anilines is 3. The maximum Gasteiger partial charge on any atom is 0.412 e. The molecule has 0 fully saturated rings. The zero-order chi connectivity index (χ0) is 29.7. The SMILES string of the molecule is CCN(C(=O)C(CN(C)c1nc2ccc(NC(=O)OC(C)(C)C)c(C)c2c(=O)o1)c1ccccc1)c1ccccn1. The summed E-state index contributed by atoms with van der Waals surface area (Å²) in [5.41, 5.74) is 0.881. The number of amides is 2. The number of aromatic nitrogens is 2. The van der Waals surface area contributed by atoms with Crippen molar-refractivity contribution >= 4 is 40.4 Å². The summed E-state index contributed by atoms with van der Waals surface area (Å²) in [6.45, 7) is 9.55. The molecule has 41 heavy (non-hydrogen) atoms. The van der Waals surface area contributed by atoms with Gasteiger partial charge >= 0.3 is 17.7 Å². The number of pyridine rings is 1. The molecule has 2 aromatic heterocycles. The number of likely N-dealkylation sites (N-methyl/N-ethyl adjacent to an activating group) is 2. The normalized spacial score (nSPS) is 12.0. The summed E-state index contributed by atoms with van der Waals surface area (Å²) >= 11 is 0. The van der Waals surface area contributed by atoms with Crippen LogP contribution in [0.2, 0.25) is 0 Å². The van der Waals surface area contributed by atoms with E-state index >= 15 is 0 Å². The highest BCUT2D eigenvalue weighted by Gasteiger charge is 2.29. The Kier molecular flexibility index (Phi) is 8.71. The van der Waals surface area contributed by atoms with Gasteiger partial charge in [-0.3, -0.25) is 15.0 Å². The lowest BCUT2D eigenvalue weighted by Gasteiger charge is -2.28. The van der Waals surface area contributed by atoms with Crippen LogP contribution in [0.15, 0.2) is 76.1 Å². The number of rotatable bonds is 8. The molecule has 4 aromatic rings. The third kappa shape index (κ3) is 6.89. The van der Waals surface area contributed by atoms with Crippen LogP contribution in [0.5, 0.6) is 0 Å². The van der Waals surface area contributed by atoms with Gasteiger partial charge in [0.1, 0.15) is 11.4 Å². The van der Waals surface area contributed by atoms with Crippen molar-refractivity contribution in [3.05, 3.63) is 88.4 Å². The Morgan fingerprint density at radius 2 is 1.76 bits per heavy atom. The van der Waals surface area contributed by atoms with Crippen LogP contribution >= 0.6 is 0 Å². The number of ether oxygens (including phenoxy) is 1. The molecule has 10 heteroatoms. The number of benzene rings is 2. The van der Waals surface area contributed by atoms with Crippen LogP contribution in [0.25, 0.3) is 10.9 Å². The predicted octanol–water partition coefficient (Wildman–Crippen LogP) is 5.51. The molecule has 1 N–H and O–H groups in total. The molecule has 0 saturated heterocycles. The van der Waals surface area contributed by atoms with Gasteiger partial charge in [0.25, 0.3) is 0 Å².